The summed E-state index contributed by atoms with van der Waals surface area (Å²) in [4.78, 5) is 0.489. The monoisotopic (exact) mass is 310 g/mol. The molecule has 2 heteroatoms. The number of benzene rings is 1. The minimum atomic E-state index is 0.489. The normalized spacial score (nSPS) is 18.8. The van der Waals surface area contributed by atoms with Crippen molar-refractivity contribution in [2.45, 2.75) is 44.4 Å². The van der Waals surface area contributed by atoms with Crippen molar-refractivity contribution in [2.24, 2.45) is 5.92 Å². The maximum absolute atomic E-state index is 5.47. The predicted molar refractivity (Wildman–Crippen MR) is 80.4 cm³/mol. The van der Waals surface area contributed by atoms with E-state index in [-0.39, 0.29) is 0 Å². The third-order valence-electron chi connectivity index (χ3n) is 3.98. The van der Waals surface area contributed by atoms with Crippen LogP contribution in [0.1, 0.15) is 48.2 Å². The summed E-state index contributed by atoms with van der Waals surface area (Å²) in [6.07, 6.45) is 4.58. The molecule has 0 N–H and O–H groups in total. The van der Waals surface area contributed by atoms with Gasteiger partial charge in [-0.05, 0) is 48.3 Å². The van der Waals surface area contributed by atoms with E-state index in [0.29, 0.717) is 4.83 Å². The Morgan fingerprint density at radius 2 is 1.94 bits per heavy atom. The molecule has 1 aromatic rings. The van der Waals surface area contributed by atoms with Crippen molar-refractivity contribution in [2.75, 3.05) is 13.2 Å². The van der Waals surface area contributed by atoms with Gasteiger partial charge in [0.2, 0.25) is 0 Å². The second kappa shape index (κ2) is 6.72. The van der Waals surface area contributed by atoms with E-state index in [9.17, 15) is 0 Å². The molecule has 18 heavy (non-hydrogen) atoms. The summed E-state index contributed by atoms with van der Waals surface area (Å²) < 4.78 is 5.47. The molecule has 0 saturated carbocycles. The van der Waals surface area contributed by atoms with Crippen molar-refractivity contribution in [3.8, 4) is 0 Å². The minimum absolute atomic E-state index is 0.489. The maximum atomic E-state index is 5.47. The lowest BCUT2D eigenvalue weighted by Gasteiger charge is -2.28. The quantitative estimate of drug-likeness (QED) is 0.734. The van der Waals surface area contributed by atoms with Crippen molar-refractivity contribution >= 4 is 15.9 Å². The number of halogens is 1. The van der Waals surface area contributed by atoms with Gasteiger partial charge in [-0.3, -0.25) is 0 Å². The summed E-state index contributed by atoms with van der Waals surface area (Å²) in [6, 6.07) is 6.97. The molecule has 1 fully saturated rings. The number of hydrogen-bond donors (Lipinski definition) is 0. The fourth-order valence-electron chi connectivity index (χ4n) is 2.71. The highest BCUT2D eigenvalue weighted by Crippen LogP contribution is 2.39. The van der Waals surface area contributed by atoms with Crippen LogP contribution in [0.4, 0.5) is 0 Å². The molecule has 0 aliphatic carbocycles. The lowest BCUT2D eigenvalue weighted by Crippen LogP contribution is -2.20. The summed E-state index contributed by atoms with van der Waals surface area (Å²) in [5, 5.41) is 0. The van der Waals surface area contributed by atoms with Crippen LogP contribution in [0.25, 0.3) is 0 Å². The zero-order valence-corrected chi connectivity index (χ0v) is 13.0. The Morgan fingerprint density at radius 3 is 2.56 bits per heavy atom. The van der Waals surface area contributed by atoms with Gasteiger partial charge in [0.15, 0.2) is 0 Å². The van der Waals surface area contributed by atoms with Crippen LogP contribution in [-0.2, 0) is 17.6 Å². The first-order valence-electron chi connectivity index (χ1n) is 7.09. The average Bonchev–Trinajstić information content (AvgIpc) is 2.46. The van der Waals surface area contributed by atoms with Crippen molar-refractivity contribution in [3.63, 3.8) is 0 Å². The summed E-state index contributed by atoms with van der Waals surface area (Å²) in [7, 11) is 0. The van der Waals surface area contributed by atoms with Crippen molar-refractivity contribution in [3.05, 3.63) is 34.9 Å². The lowest BCUT2D eigenvalue weighted by atomic mass is 9.88. The van der Waals surface area contributed by atoms with E-state index in [1.165, 1.54) is 29.5 Å². The first-order valence-corrected chi connectivity index (χ1v) is 8.01. The average molecular weight is 311 g/mol. The Kier molecular flexibility index (Phi) is 5.25. The molecular formula is C16H23BrO. The van der Waals surface area contributed by atoms with E-state index in [2.05, 4.69) is 48.0 Å². The third kappa shape index (κ3) is 3.16. The van der Waals surface area contributed by atoms with E-state index in [0.717, 1.165) is 32.0 Å². The van der Waals surface area contributed by atoms with Crippen LogP contribution in [-0.4, -0.2) is 13.2 Å². The van der Waals surface area contributed by atoms with Gasteiger partial charge in [0, 0.05) is 18.0 Å². The van der Waals surface area contributed by atoms with Crippen LogP contribution in [0, 0.1) is 5.92 Å². The molecule has 1 aromatic carbocycles. The van der Waals surface area contributed by atoms with Crippen LogP contribution < -0.4 is 0 Å². The Balaban J connectivity index is 2.23. The van der Waals surface area contributed by atoms with E-state index >= 15 is 0 Å². The second-order valence-electron chi connectivity index (χ2n) is 5.09. The minimum Gasteiger partial charge on any atom is -0.381 e. The highest BCUT2D eigenvalue weighted by molar-refractivity contribution is 9.09. The van der Waals surface area contributed by atoms with Crippen LogP contribution in [0.15, 0.2) is 18.2 Å². The SMILES string of the molecule is CCc1ccc(CC)c(C(Br)C2CCOCC2)c1. The predicted octanol–water partition coefficient (Wildman–Crippen LogP) is 4.67. The summed E-state index contributed by atoms with van der Waals surface area (Å²) in [5.41, 5.74) is 4.43. The molecule has 100 valence electrons. The molecule has 0 bridgehead atoms. The van der Waals surface area contributed by atoms with Gasteiger partial charge in [-0.15, -0.1) is 0 Å². The molecule has 1 heterocycles. The van der Waals surface area contributed by atoms with E-state index in [1.54, 1.807) is 0 Å². The summed E-state index contributed by atoms with van der Waals surface area (Å²) >= 11 is 3.95. The standard InChI is InChI=1S/C16H23BrO/c1-3-12-5-6-13(4-2)15(11-12)16(17)14-7-9-18-10-8-14/h5-6,11,14,16H,3-4,7-10H2,1-2H3. The van der Waals surface area contributed by atoms with E-state index < -0.39 is 0 Å². The van der Waals surface area contributed by atoms with Gasteiger partial charge in [0.05, 0.1) is 0 Å². The van der Waals surface area contributed by atoms with Crippen LogP contribution in [0.5, 0.6) is 0 Å². The van der Waals surface area contributed by atoms with Gasteiger partial charge in [-0.25, -0.2) is 0 Å². The number of hydrogen-bond acceptors (Lipinski definition) is 1. The van der Waals surface area contributed by atoms with E-state index in [1.807, 2.05) is 0 Å². The first-order chi connectivity index (χ1) is 8.76. The zero-order valence-electron chi connectivity index (χ0n) is 11.4. The topological polar surface area (TPSA) is 9.23 Å². The van der Waals surface area contributed by atoms with Crippen molar-refractivity contribution in [1.82, 2.24) is 0 Å². The molecule has 0 aromatic heterocycles. The molecule has 1 aliphatic rings. The molecule has 1 atom stereocenters. The Hall–Kier alpha value is -0.340. The fraction of sp³-hybridized carbons (Fsp3) is 0.625. The third-order valence-corrected chi connectivity index (χ3v) is 5.22. The molecule has 2 rings (SSSR count). The Morgan fingerprint density at radius 1 is 1.22 bits per heavy atom. The van der Waals surface area contributed by atoms with Crippen molar-refractivity contribution < 1.29 is 4.74 Å². The summed E-state index contributed by atoms with van der Waals surface area (Å²) in [6.45, 7) is 6.31. The Labute approximate surface area is 119 Å². The molecule has 1 aliphatic heterocycles. The smallest absolute Gasteiger partial charge is 0.0469 e. The van der Waals surface area contributed by atoms with Crippen molar-refractivity contribution in [1.29, 1.82) is 0 Å². The highest BCUT2D eigenvalue weighted by Gasteiger charge is 2.24. The molecule has 1 nitrogen and oxygen atoms in total. The second-order valence-corrected chi connectivity index (χ2v) is 6.08. The molecule has 0 radical (unpaired) electrons. The van der Waals surface area contributed by atoms with E-state index in [4.69, 9.17) is 4.74 Å². The summed E-state index contributed by atoms with van der Waals surface area (Å²) in [5.74, 6) is 0.719. The van der Waals surface area contributed by atoms with Crippen LogP contribution in [0.3, 0.4) is 0 Å². The van der Waals surface area contributed by atoms with Gasteiger partial charge in [0.1, 0.15) is 0 Å². The number of ether oxygens (including phenoxy) is 1. The first kappa shape index (κ1) is 14.1. The number of alkyl halides is 1. The molecular weight excluding hydrogens is 288 g/mol. The van der Waals surface area contributed by atoms with Gasteiger partial charge >= 0.3 is 0 Å². The van der Waals surface area contributed by atoms with Gasteiger partial charge < -0.3 is 4.74 Å². The number of aryl methyl sites for hydroxylation is 2. The van der Waals surface area contributed by atoms with Crippen LogP contribution >= 0.6 is 15.9 Å². The lowest BCUT2D eigenvalue weighted by molar-refractivity contribution is 0.0661. The molecule has 1 saturated heterocycles. The molecule has 0 spiro atoms. The number of rotatable bonds is 4. The Bertz CT molecular complexity index is 383. The molecule has 1 unspecified atom stereocenters. The largest absolute Gasteiger partial charge is 0.381 e. The van der Waals surface area contributed by atoms with Gasteiger partial charge in [0.25, 0.3) is 0 Å². The highest BCUT2D eigenvalue weighted by atomic mass is 79.9. The van der Waals surface area contributed by atoms with Gasteiger partial charge in [-0.1, -0.05) is 48.0 Å². The fourth-order valence-corrected chi connectivity index (χ4v) is 3.66. The zero-order chi connectivity index (χ0) is 13.0. The van der Waals surface area contributed by atoms with Gasteiger partial charge in [-0.2, -0.15) is 0 Å². The maximum Gasteiger partial charge on any atom is 0.0469 e. The molecule has 0 amide bonds. The van der Waals surface area contributed by atoms with Crippen LogP contribution in [0.2, 0.25) is 0 Å².